The van der Waals surface area contributed by atoms with E-state index in [0.717, 1.165) is 5.56 Å². The highest BCUT2D eigenvalue weighted by Crippen LogP contribution is 2.59. The van der Waals surface area contributed by atoms with E-state index in [9.17, 15) is 4.57 Å². The van der Waals surface area contributed by atoms with Crippen LogP contribution in [0.2, 0.25) is 0 Å². The molecule has 2 N–H and O–H groups in total. The first-order valence-electron chi connectivity index (χ1n) is 10.0. The van der Waals surface area contributed by atoms with Crippen molar-refractivity contribution >= 4 is 24.9 Å². The summed E-state index contributed by atoms with van der Waals surface area (Å²) >= 11 is 5.56. The van der Waals surface area contributed by atoms with E-state index in [1.165, 1.54) is 32.1 Å². The van der Waals surface area contributed by atoms with Crippen LogP contribution in [0.15, 0.2) is 30.3 Å². The fraction of sp³-hybridized carbons (Fsp3) is 0.650. The van der Waals surface area contributed by atoms with Crippen molar-refractivity contribution in [1.82, 2.24) is 10.6 Å². The van der Waals surface area contributed by atoms with Gasteiger partial charge in [0.25, 0.3) is 0 Å². The Morgan fingerprint density at radius 2 is 1.70 bits per heavy atom. The molecule has 2 atom stereocenters. The highest BCUT2D eigenvalue weighted by molar-refractivity contribution is 7.80. The van der Waals surface area contributed by atoms with E-state index >= 15 is 0 Å². The molecule has 1 unspecified atom stereocenters. The largest absolute Gasteiger partial charge is 0.360 e. The van der Waals surface area contributed by atoms with Crippen molar-refractivity contribution < 1.29 is 13.6 Å². The van der Waals surface area contributed by atoms with Gasteiger partial charge in [-0.3, -0.25) is 4.57 Å². The van der Waals surface area contributed by atoms with Gasteiger partial charge in [-0.15, -0.1) is 0 Å². The minimum Gasteiger partial charge on any atom is -0.360 e. The smallest absolute Gasteiger partial charge is 0.357 e. The van der Waals surface area contributed by atoms with E-state index in [0.29, 0.717) is 24.2 Å². The van der Waals surface area contributed by atoms with Gasteiger partial charge in [-0.05, 0) is 57.3 Å². The molecule has 0 heterocycles. The molecule has 152 valence electrons. The first kappa shape index (κ1) is 22.4. The fourth-order valence-corrected chi connectivity index (χ4v) is 5.96. The Balaban J connectivity index is 2.13. The van der Waals surface area contributed by atoms with Gasteiger partial charge in [-0.1, -0.05) is 49.6 Å². The van der Waals surface area contributed by atoms with Crippen molar-refractivity contribution in [3.63, 3.8) is 0 Å². The van der Waals surface area contributed by atoms with E-state index in [2.05, 4.69) is 17.6 Å². The third-order valence-corrected chi connectivity index (χ3v) is 7.56. The highest BCUT2D eigenvalue weighted by Gasteiger charge is 2.37. The Labute approximate surface area is 169 Å². The van der Waals surface area contributed by atoms with Gasteiger partial charge in [0.2, 0.25) is 0 Å². The third kappa shape index (κ3) is 6.56. The summed E-state index contributed by atoms with van der Waals surface area (Å²) in [5.74, 6) is -0.0172. The van der Waals surface area contributed by atoms with E-state index < -0.39 is 13.4 Å². The molecule has 1 fully saturated rings. The molecular formula is C20H33N2O3PS. The maximum absolute atomic E-state index is 13.4. The van der Waals surface area contributed by atoms with Gasteiger partial charge in [0.15, 0.2) is 10.9 Å². The van der Waals surface area contributed by atoms with Crippen LogP contribution in [0.3, 0.4) is 0 Å². The lowest BCUT2D eigenvalue weighted by atomic mass is 9.85. The Morgan fingerprint density at radius 3 is 2.26 bits per heavy atom. The molecule has 1 aliphatic carbocycles. The molecule has 0 bridgehead atoms. The normalized spacial score (nSPS) is 17.9. The zero-order chi connectivity index (χ0) is 19.7. The quantitative estimate of drug-likeness (QED) is 0.419. The molecule has 0 radical (unpaired) electrons. The maximum Gasteiger partial charge on any atom is 0.357 e. The summed E-state index contributed by atoms with van der Waals surface area (Å²) in [6, 6.07) is 9.85. The first-order chi connectivity index (χ1) is 13.0. The molecule has 1 aromatic carbocycles. The summed E-state index contributed by atoms with van der Waals surface area (Å²) in [6.45, 7) is 6.42. The van der Waals surface area contributed by atoms with E-state index in [4.69, 9.17) is 21.3 Å². The zero-order valence-electron chi connectivity index (χ0n) is 16.6. The summed E-state index contributed by atoms with van der Waals surface area (Å²) in [4.78, 5) is 0. The summed E-state index contributed by atoms with van der Waals surface area (Å²) in [5.41, 5.74) is 0.831. The van der Waals surface area contributed by atoms with Gasteiger partial charge in [-0.2, -0.15) is 0 Å². The SMILES string of the molecule is CCOP(=O)(OCC)C(NC(=S)N[C@H](C)C1CCCCC1)c1ccccc1. The second-order valence-corrected chi connectivity index (χ2v) is 9.51. The molecule has 5 nitrogen and oxygen atoms in total. The minimum absolute atomic E-state index is 0.278. The molecular weight excluding hydrogens is 379 g/mol. The number of rotatable bonds is 9. The van der Waals surface area contributed by atoms with Crippen molar-refractivity contribution in [2.75, 3.05) is 13.2 Å². The van der Waals surface area contributed by atoms with Gasteiger partial charge in [-0.25, -0.2) is 0 Å². The number of hydrogen-bond donors (Lipinski definition) is 2. The van der Waals surface area contributed by atoms with E-state index in [1.807, 2.05) is 44.2 Å². The summed E-state index contributed by atoms with van der Waals surface area (Å²) in [6.07, 6.45) is 6.36. The van der Waals surface area contributed by atoms with Crippen LogP contribution in [0, 0.1) is 5.92 Å². The van der Waals surface area contributed by atoms with Crippen LogP contribution in [0.4, 0.5) is 0 Å². The summed E-state index contributed by atoms with van der Waals surface area (Å²) < 4.78 is 24.6. The minimum atomic E-state index is -3.42. The predicted octanol–water partition coefficient (Wildman–Crippen LogP) is 5.38. The van der Waals surface area contributed by atoms with Gasteiger partial charge < -0.3 is 19.7 Å². The third-order valence-electron chi connectivity index (χ3n) is 5.03. The van der Waals surface area contributed by atoms with Crippen molar-refractivity contribution in [2.24, 2.45) is 5.92 Å². The highest BCUT2D eigenvalue weighted by atomic mass is 32.1. The molecule has 7 heteroatoms. The van der Waals surface area contributed by atoms with Crippen LogP contribution in [0.25, 0.3) is 0 Å². The van der Waals surface area contributed by atoms with Gasteiger partial charge in [0, 0.05) is 6.04 Å². The standard InChI is InChI=1S/C20H33N2O3PS/c1-4-24-26(23,25-5-2)19(18-14-10-7-11-15-18)22-20(27)21-16(3)17-12-8-6-9-13-17/h7,10-11,14-17,19H,4-6,8-9,12-13H2,1-3H3,(H2,21,22,27)/t16-,19?/m1/s1. The van der Waals surface area contributed by atoms with Crippen LogP contribution < -0.4 is 10.6 Å². The average molecular weight is 413 g/mol. The van der Waals surface area contributed by atoms with E-state index in [1.54, 1.807) is 0 Å². The van der Waals surface area contributed by atoms with Crippen molar-refractivity contribution in [3.8, 4) is 0 Å². The second kappa shape index (κ2) is 11.2. The predicted molar refractivity (Wildman–Crippen MR) is 115 cm³/mol. The van der Waals surface area contributed by atoms with Crippen LogP contribution in [0.1, 0.15) is 64.2 Å². The Hall–Kier alpha value is -0.940. The van der Waals surface area contributed by atoms with Crippen LogP contribution in [-0.2, 0) is 13.6 Å². The monoisotopic (exact) mass is 412 g/mol. The molecule has 1 saturated carbocycles. The van der Waals surface area contributed by atoms with Crippen molar-refractivity contribution in [2.45, 2.75) is 64.7 Å². The number of hydrogen-bond acceptors (Lipinski definition) is 4. The molecule has 2 rings (SSSR count). The van der Waals surface area contributed by atoms with Crippen molar-refractivity contribution in [1.29, 1.82) is 0 Å². The number of benzene rings is 1. The van der Waals surface area contributed by atoms with Crippen LogP contribution >= 0.6 is 19.8 Å². The van der Waals surface area contributed by atoms with Gasteiger partial charge in [0.05, 0.1) is 13.2 Å². The molecule has 1 aliphatic rings. The van der Waals surface area contributed by atoms with Crippen molar-refractivity contribution in [3.05, 3.63) is 35.9 Å². The average Bonchev–Trinajstić information content (AvgIpc) is 2.68. The lowest BCUT2D eigenvalue weighted by Crippen LogP contribution is -2.45. The molecule has 0 aliphatic heterocycles. The number of thiocarbonyl (C=S) groups is 1. The molecule has 0 amide bonds. The Morgan fingerprint density at radius 1 is 1.11 bits per heavy atom. The topological polar surface area (TPSA) is 59.6 Å². The maximum atomic E-state index is 13.4. The van der Waals surface area contributed by atoms with E-state index in [-0.39, 0.29) is 6.04 Å². The zero-order valence-corrected chi connectivity index (χ0v) is 18.4. The fourth-order valence-electron chi connectivity index (χ4n) is 3.65. The molecule has 0 aromatic heterocycles. The molecule has 0 spiro atoms. The second-order valence-electron chi connectivity index (χ2n) is 6.99. The van der Waals surface area contributed by atoms with Crippen LogP contribution in [-0.4, -0.2) is 24.4 Å². The first-order valence-corrected chi connectivity index (χ1v) is 12.0. The molecule has 27 heavy (non-hydrogen) atoms. The lowest BCUT2D eigenvalue weighted by molar-refractivity contribution is 0.210. The molecule has 0 saturated heterocycles. The summed E-state index contributed by atoms with van der Waals surface area (Å²) in [5, 5.41) is 7.10. The Kier molecular flexibility index (Phi) is 9.24. The summed E-state index contributed by atoms with van der Waals surface area (Å²) in [7, 11) is -3.42. The Bertz CT molecular complexity index is 613. The molecule has 1 aromatic rings. The van der Waals surface area contributed by atoms with Crippen LogP contribution in [0.5, 0.6) is 0 Å². The lowest BCUT2D eigenvalue weighted by Gasteiger charge is -2.32. The van der Waals surface area contributed by atoms with Gasteiger partial charge in [0.1, 0.15) is 0 Å². The number of nitrogens with one attached hydrogen (secondary N) is 2. The van der Waals surface area contributed by atoms with Gasteiger partial charge >= 0.3 is 7.60 Å².